The molecule has 1 aliphatic heterocycles. The molecule has 25 heavy (non-hydrogen) atoms. The molecule has 1 aromatic rings. The molecule has 1 saturated heterocycles. The number of hydrogen-bond donors (Lipinski definition) is 1. The van der Waals surface area contributed by atoms with Gasteiger partial charge in [0.15, 0.2) is 0 Å². The van der Waals surface area contributed by atoms with E-state index in [9.17, 15) is 14.9 Å². The van der Waals surface area contributed by atoms with Gasteiger partial charge in [0.05, 0.1) is 18.7 Å². The van der Waals surface area contributed by atoms with Gasteiger partial charge in [0.25, 0.3) is 0 Å². The summed E-state index contributed by atoms with van der Waals surface area (Å²) in [5.74, 6) is -0.243. The van der Waals surface area contributed by atoms with E-state index < -0.39 is 5.54 Å². The van der Waals surface area contributed by atoms with Crippen molar-refractivity contribution in [1.29, 1.82) is 5.26 Å². The minimum Gasteiger partial charge on any atom is -0.337 e. The Balaban J connectivity index is 1.98. The van der Waals surface area contributed by atoms with Crippen LogP contribution in [0, 0.1) is 17.2 Å². The summed E-state index contributed by atoms with van der Waals surface area (Å²) in [6.45, 7) is 6.23. The van der Waals surface area contributed by atoms with Crippen LogP contribution in [0.15, 0.2) is 30.3 Å². The van der Waals surface area contributed by atoms with E-state index in [1.807, 2.05) is 44.2 Å². The first-order valence-electron chi connectivity index (χ1n) is 8.57. The van der Waals surface area contributed by atoms with Gasteiger partial charge in [0.1, 0.15) is 5.54 Å². The van der Waals surface area contributed by atoms with Gasteiger partial charge in [-0.2, -0.15) is 5.26 Å². The van der Waals surface area contributed by atoms with E-state index in [0.29, 0.717) is 13.0 Å². The van der Waals surface area contributed by atoms with E-state index >= 15 is 0 Å². The van der Waals surface area contributed by atoms with E-state index in [1.54, 1.807) is 23.8 Å². The highest BCUT2D eigenvalue weighted by Gasteiger charge is 2.37. The summed E-state index contributed by atoms with van der Waals surface area (Å²) >= 11 is 0. The Morgan fingerprint density at radius 1 is 1.44 bits per heavy atom. The number of anilines is 1. The molecule has 6 heteroatoms. The normalized spacial score (nSPS) is 19.8. The van der Waals surface area contributed by atoms with Crippen molar-refractivity contribution in [2.45, 2.75) is 38.8 Å². The molecule has 0 unspecified atom stereocenters. The molecule has 2 rings (SSSR count). The first kappa shape index (κ1) is 18.9. The number of carbonyl (C=O) groups is 2. The average molecular weight is 342 g/mol. The van der Waals surface area contributed by atoms with Crippen LogP contribution in [-0.4, -0.2) is 48.4 Å². The van der Waals surface area contributed by atoms with Crippen molar-refractivity contribution in [2.75, 3.05) is 25.0 Å². The number of nitrogens with one attached hydrogen (secondary N) is 1. The third kappa shape index (κ3) is 4.18. The Hall–Kier alpha value is -2.39. The standard InChI is InChI=1S/C19H26N4O2/c1-14(2)19(3,13-20)21-17(24)12-22(4)16-10-11-23(18(16)25)15-8-6-5-7-9-15/h5-9,14,16H,10-12H2,1-4H3,(H,21,24)/t16-,19+/m0/s1. The fraction of sp³-hybridized carbons (Fsp3) is 0.526. The lowest BCUT2D eigenvalue weighted by Gasteiger charge is -2.29. The number of likely N-dealkylation sites (N-methyl/N-ethyl adjacent to an activating group) is 1. The highest BCUT2D eigenvalue weighted by Crippen LogP contribution is 2.23. The van der Waals surface area contributed by atoms with Crippen molar-refractivity contribution in [3.8, 4) is 6.07 Å². The second-order valence-corrected chi connectivity index (χ2v) is 7.06. The summed E-state index contributed by atoms with van der Waals surface area (Å²) < 4.78 is 0. The highest BCUT2D eigenvalue weighted by atomic mass is 16.2. The van der Waals surface area contributed by atoms with Crippen molar-refractivity contribution in [1.82, 2.24) is 10.2 Å². The molecule has 1 aliphatic rings. The summed E-state index contributed by atoms with van der Waals surface area (Å²) in [5.41, 5.74) is -0.0297. The SMILES string of the molecule is CC(C)[C@@](C)(C#N)NC(=O)CN(C)[C@H]1CCN(c2ccccc2)C1=O. The number of para-hydroxylation sites is 1. The number of amides is 2. The quantitative estimate of drug-likeness (QED) is 0.855. The molecule has 0 bridgehead atoms. The molecule has 1 aromatic carbocycles. The van der Waals surface area contributed by atoms with Crippen LogP contribution in [0.1, 0.15) is 27.2 Å². The average Bonchev–Trinajstić information content (AvgIpc) is 2.96. The molecule has 1 fully saturated rings. The molecular formula is C19H26N4O2. The van der Waals surface area contributed by atoms with Crippen LogP contribution in [-0.2, 0) is 9.59 Å². The fourth-order valence-corrected chi connectivity index (χ4v) is 2.91. The minimum absolute atomic E-state index is 0.00607. The van der Waals surface area contributed by atoms with Gasteiger partial charge in [0, 0.05) is 12.2 Å². The predicted molar refractivity (Wildman–Crippen MR) is 96.8 cm³/mol. The van der Waals surface area contributed by atoms with Crippen molar-refractivity contribution in [3.63, 3.8) is 0 Å². The van der Waals surface area contributed by atoms with Gasteiger partial charge in [-0.15, -0.1) is 0 Å². The number of nitriles is 1. The highest BCUT2D eigenvalue weighted by molar-refractivity contribution is 5.99. The van der Waals surface area contributed by atoms with Gasteiger partial charge in [-0.25, -0.2) is 0 Å². The van der Waals surface area contributed by atoms with Gasteiger partial charge >= 0.3 is 0 Å². The van der Waals surface area contributed by atoms with Gasteiger partial charge < -0.3 is 10.2 Å². The molecular weight excluding hydrogens is 316 g/mol. The zero-order chi connectivity index (χ0) is 18.6. The van der Waals surface area contributed by atoms with Crippen molar-refractivity contribution in [3.05, 3.63) is 30.3 Å². The molecule has 1 N–H and O–H groups in total. The molecule has 0 radical (unpaired) electrons. The molecule has 0 saturated carbocycles. The fourth-order valence-electron chi connectivity index (χ4n) is 2.91. The van der Waals surface area contributed by atoms with Crippen LogP contribution in [0.2, 0.25) is 0 Å². The third-order valence-corrected chi connectivity index (χ3v) is 4.96. The lowest BCUT2D eigenvalue weighted by molar-refractivity contribution is -0.126. The van der Waals surface area contributed by atoms with Crippen molar-refractivity contribution >= 4 is 17.5 Å². The Kier molecular flexibility index (Phi) is 5.81. The van der Waals surface area contributed by atoms with Crippen LogP contribution < -0.4 is 10.2 Å². The molecule has 0 spiro atoms. The van der Waals surface area contributed by atoms with Crippen LogP contribution in [0.5, 0.6) is 0 Å². The van der Waals surface area contributed by atoms with Gasteiger partial charge in [-0.3, -0.25) is 14.5 Å². The summed E-state index contributed by atoms with van der Waals surface area (Å²) in [6, 6.07) is 11.4. The Bertz CT molecular complexity index is 668. The van der Waals surface area contributed by atoms with Crippen molar-refractivity contribution in [2.24, 2.45) is 5.92 Å². The molecule has 0 aliphatic carbocycles. The lowest BCUT2D eigenvalue weighted by atomic mass is 9.90. The first-order chi connectivity index (χ1) is 11.8. The van der Waals surface area contributed by atoms with Crippen LogP contribution >= 0.6 is 0 Å². The van der Waals surface area contributed by atoms with Crippen molar-refractivity contribution < 1.29 is 9.59 Å². The van der Waals surface area contributed by atoms with Crippen LogP contribution in [0.3, 0.4) is 0 Å². The van der Waals surface area contributed by atoms with Gasteiger partial charge in [-0.1, -0.05) is 32.0 Å². The zero-order valence-corrected chi connectivity index (χ0v) is 15.3. The van der Waals surface area contributed by atoms with E-state index in [0.717, 1.165) is 5.69 Å². The second kappa shape index (κ2) is 7.66. The molecule has 6 nitrogen and oxygen atoms in total. The summed E-state index contributed by atoms with van der Waals surface area (Å²) in [6.07, 6.45) is 0.678. The largest absolute Gasteiger partial charge is 0.337 e. The van der Waals surface area contributed by atoms with E-state index in [1.165, 1.54) is 0 Å². The summed E-state index contributed by atoms with van der Waals surface area (Å²) in [4.78, 5) is 28.5. The number of rotatable bonds is 6. The zero-order valence-electron chi connectivity index (χ0n) is 15.3. The van der Waals surface area contributed by atoms with Gasteiger partial charge in [-0.05, 0) is 38.4 Å². The molecule has 0 aromatic heterocycles. The third-order valence-electron chi connectivity index (χ3n) is 4.96. The maximum absolute atomic E-state index is 12.7. The topological polar surface area (TPSA) is 76.4 Å². The monoisotopic (exact) mass is 342 g/mol. The molecule has 2 atom stereocenters. The Morgan fingerprint density at radius 3 is 2.64 bits per heavy atom. The molecule has 134 valence electrons. The number of benzene rings is 1. The second-order valence-electron chi connectivity index (χ2n) is 7.06. The minimum atomic E-state index is -0.909. The Morgan fingerprint density at radius 2 is 2.08 bits per heavy atom. The maximum Gasteiger partial charge on any atom is 0.244 e. The number of carbonyl (C=O) groups excluding carboxylic acids is 2. The molecule has 1 heterocycles. The summed E-state index contributed by atoms with van der Waals surface area (Å²) in [7, 11) is 1.77. The maximum atomic E-state index is 12.7. The molecule has 2 amide bonds. The smallest absolute Gasteiger partial charge is 0.244 e. The van der Waals surface area contributed by atoms with Crippen LogP contribution in [0.4, 0.5) is 5.69 Å². The summed E-state index contributed by atoms with van der Waals surface area (Å²) in [5, 5.41) is 12.1. The van der Waals surface area contributed by atoms with E-state index in [4.69, 9.17) is 0 Å². The predicted octanol–water partition coefficient (Wildman–Crippen LogP) is 1.78. The Labute approximate surface area is 149 Å². The van der Waals surface area contributed by atoms with Gasteiger partial charge in [0.2, 0.25) is 11.8 Å². The van der Waals surface area contributed by atoms with E-state index in [2.05, 4.69) is 11.4 Å². The number of hydrogen-bond acceptors (Lipinski definition) is 4. The van der Waals surface area contributed by atoms with E-state index in [-0.39, 0.29) is 30.3 Å². The lowest BCUT2D eigenvalue weighted by Crippen LogP contribution is -2.53. The first-order valence-corrected chi connectivity index (χ1v) is 8.57. The number of nitrogens with zero attached hydrogens (tertiary/aromatic N) is 3. The van der Waals surface area contributed by atoms with Crippen LogP contribution in [0.25, 0.3) is 0 Å².